The molecule has 1 saturated carbocycles. The molecule has 2 unspecified atom stereocenters. The number of rotatable bonds is 3. The van der Waals surface area contributed by atoms with Crippen LogP contribution in [0.2, 0.25) is 0 Å². The lowest BCUT2D eigenvalue weighted by atomic mass is 10.1. The smallest absolute Gasteiger partial charge is 0.227 e. The predicted octanol–water partition coefficient (Wildman–Crippen LogP) is 2.35. The number of hydrogen-bond donors (Lipinski definition) is 2. The van der Waals surface area contributed by atoms with Crippen molar-refractivity contribution < 1.29 is 4.79 Å². The van der Waals surface area contributed by atoms with Gasteiger partial charge in [0.15, 0.2) is 0 Å². The van der Waals surface area contributed by atoms with Gasteiger partial charge in [-0.3, -0.25) is 4.79 Å². The zero-order chi connectivity index (χ0) is 13.9. The van der Waals surface area contributed by atoms with Crippen LogP contribution in [0.5, 0.6) is 0 Å². The van der Waals surface area contributed by atoms with Gasteiger partial charge in [-0.25, -0.2) is 0 Å². The van der Waals surface area contributed by atoms with Crippen molar-refractivity contribution in [2.45, 2.75) is 38.1 Å². The van der Waals surface area contributed by atoms with Crippen LogP contribution in [-0.2, 0) is 4.79 Å². The topological polar surface area (TPSA) is 58.4 Å². The van der Waals surface area contributed by atoms with Crippen LogP contribution in [0.25, 0.3) is 0 Å². The van der Waals surface area contributed by atoms with Crippen molar-refractivity contribution in [2.24, 2.45) is 11.7 Å². The summed E-state index contributed by atoms with van der Waals surface area (Å²) in [4.78, 5) is 14.7. The molecule has 1 amide bonds. The Kier molecular flexibility index (Phi) is 3.92. The Morgan fingerprint density at radius 2 is 1.95 bits per heavy atom. The summed E-state index contributed by atoms with van der Waals surface area (Å²) >= 11 is 0. The van der Waals surface area contributed by atoms with Crippen LogP contribution in [0.3, 0.4) is 0 Å². The number of nitrogens with one attached hydrogen (secondary N) is 1. The molecule has 1 aromatic rings. The Balaban J connectivity index is 1.72. The van der Waals surface area contributed by atoms with Gasteiger partial charge in [-0.1, -0.05) is 12.1 Å². The number of para-hydroxylation sites is 2. The first-order valence-electron chi connectivity index (χ1n) is 7.64. The molecule has 0 aromatic heterocycles. The molecule has 3 rings (SSSR count). The van der Waals surface area contributed by atoms with E-state index in [-0.39, 0.29) is 17.9 Å². The van der Waals surface area contributed by atoms with Crippen molar-refractivity contribution in [2.75, 3.05) is 23.3 Å². The molecular weight excluding hydrogens is 250 g/mol. The summed E-state index contributed by atoms with van der Waals surface area (Å²) in [5.74, 6) is 0.209. The Morgan fingerprint density at radius 1 is 1.20 bits per heavy atom. The molecule has 0 spiro atoms. The molecule has 1 aliphatic carbocycles. The molecule has 1 aromatic carbocycles. The number of carbonyl (C=O) groups is 1. The van der Waals surface area contributed by atoms with E-state index in [1.54, 1.807) is 0 Å². The van der Waals surface area contributed by atoms with E-state index in [2.05, 4.69) is 16.3 Å². The van der Waals surface area contributed by atoms with Crippen LogP contribution in [0.1, 0.15) is 32.1 Å². The zero-order valence-electron chi connectivity index (χ0n) is 11.8. The quantitative estimate of drug-likeness (QED) is 0.889. The first-order valence-corrected chi connectivity index (χ1v) is 7.64. The van der Waals surface area contributed by atoms with E-state index >= 15 is 0 Å². The van der Waals surface area contributed by atoms with E-state index < -0.39 is 0 Å². The summed E-state index contributed by atoms with van der Waals surface area (Å²) in [7, 11) is 0. The van der Waals surface area contributed by atoms with E-state index in [9.17, 15) is 4.79 Å². The van der Waals surface area contributed by atoms with Gasteiger partial charge in [0, 0.05) is 25.0 Å². The van der Waals surface area contributed by atoms with Crippen LogP contribution in [0, 0.1) is 5.92 Å². The molecule has 20 heavy (non-hydrogen) atoms. The maximum Gasteiger partial charge on any atom is 0.227 e. The molecule has 108 valence electrons. The van der Waals surface area contributed by atoms with Gasteiger partial charge in [-0.15, -0.1) is 0 Å². The Labute approximate surface area is 120 Å². The highest BCUT2D eigenvalue weighted by molar-refractivity contribution is 5.96. The second kappa shape index (κ2) is 5.83. The third-order valence-electron chi connectivity index (χ3n) is 4.45. The lowest BCUT2D eigenvalue weighted by Crippen LogP contribution is -2.25. The normalized spacial score (nSPS) is 25.9. The molecular formula is C16H23N3O. The summed E-state index contributed by atoms with van der Waals surface area (Å²) in [5.41, 5.74) is 8.00. The fourth-order valence-electron chi connectivity index (χ4n) is 3.30. The molecule has 4 heteroatoms. The Bertz CT molecular complexity index is 482. The second-order valence-electron chi connectivity index (χ2n) is 5.97. The van der Waals surface area contributed by atoms with E-state index in [1.807, 2.05) is 18.2 Å². The maximum absolute atomic E-state index is 12.3. The van der Waals surface area contributed by atoms with Crippen LogP contribution in [0.4, 0.5) is 11.4 Å². The monoisotopic (exact) mass is 273 g/mol. The van der Waals surface area contributed by atoms with Crippen LogP contribution in [0.15, 0.2) is 24.3 Å². The molecule has 2 aliphatic rings. The molecule has 1 heterocycles. The highest BCUT2D eigenvalue weighted by atomic mass is 16.1. The van der Waals surface area contributed by atoms with Crippen molar-refractivity contribution in [3.05, 3.63) is 24.3 Å². The minimum Gasteiger partial charge on any atom is -0.370 e. The Morgan fingerprint density at radius 3 is 2.65 bits per heavy atom. The maximum atomic E-state index is 12.3. The van der Waals surface area contributed by atoms with Gasteiger partial charge in [-0.2, -0.15) is 0 Å². The van der Waals surface area contributed by atoms with Crippen molar-refractivity contribution in [3.63, 3.8) is 0 Å². The number of hydrogen-bond acceptors (Lipinski definition) is 3. The number of anilines is 2. The molecule has 0 bridgehead atoms. The third kappa shape index (κ3) is 2.80. The number of amides is 1. The SMILES string of the molecule is NC1CCC(C(=O)Nc2ccccc2N2CCCC2)C1. The van der Waals surface area contributed by atoms with E-state index in [0.29, 0.717) is 0 Å². The summed E-state index contributed by atoms with van der Waals surface area (Å²) in [6.45, 7) is 2.17. The summed E-state index contributed by atoms with van der Waals surface area (Å²) < 4.78 is 0. The van der Waals surface area contributed by atoms with Crippen LogP contribution >= 0.6 is 0 Å². The van der Waals surface area contributed by atoms with Gasteiger partial charge in [0.1, 0.15) is 0 Å². The molecule has 3 N–H and O–H groups in total. The molecule has 1 saturated heterocycles. The molecule has 2 fully saturated rings. The first-order chi connectivity index (χ1) is 9.74. The fraction of sp³-hybridized carbons (Fsp3) is 0.562. The van der Waals surface area contributed by atoms with Gasteiger partial charge in [0.2, 0.25) is 5.91 Å². The molecule has 1 aliphatic heterocycles. The highest BCUT2D eigenvalue weighted by Crippen LogP contribution is 2.31. The molecule has 2 atom stereocenters. The second-order valence-corrected chi connectivity index (χ2v) is 5.97. The summed E-state index contributed by atoms with van der Waals surface area (Å²) in [5, 5.41) is 3.11. The standard InChI is InChI=1S/C16H23N3O/c17-13-8-7-12(11-13)16(20)18-14-5-1-2-6-15(14)19-9-3-4-10-19/h1-2,5-6,12-13H,3-4,7-11,17H2,(H,18,20). The fourth-order valence-corrected chi connectivity index (χ4v) is 3.30. The number of nitrogens with zero attached hydrogens (tertiary/aromatic N) is 1. The van der Waals surface area contributed by atoms with Gasteiger partial charge >= 0.3 is 0 Å². The lowest BCUT2D eigenvalue weighted by Gasteiger charge is -2.22. The summed E-state index contributed by atoms with van der Waals surface area (Å²) in [6, 6.07) is 8.31. The number of nitrogens with two attached hydrogens (primary N) is 1. The lowest BCUT2D eigenvalue weighted by molar-refractivity contribution is -0.119. The highest BCUT2D eigenvalue weighted by Gasteiger charge is 2.28. The van der Waals surface area contributed by atoms with Crippen molar-refractivity contribution in [1.82, 2.24) is 0 Å². The first kappa shape index (κ1) is 13.4. The van der Waals surface area contributed by atoms with E-state index in [1.165, 1.54) is 12.8 Å². The minimum atomic E-state index is 0.0802. The van der Waals surface area contributed by atoms with Crippen LogP contribution < -0.4 is 16.0 Å². The predicted molar refractivity (Wildman–Crippen MR) is 81.8 cm³/mol. The van der Waals surface area contributed by atoms with Crippen molar-refractivity contribution >= 4 is 17.3 Å². The number of benzene rings is 1. The average molecular weight is 273 g/mol. The Hall–Kier alpha value is -1.55. The van der Waals surface area contributed by atoms with Gasteiger partial charge in [-0.05, 0) is 44.2 Å². The van der Waals surface area contributed by atoms with E-state index in [0.717, 1.165) is 43.7 Å². The largest absolute Gasteiger partial charge is 0.370 e. The van der Waals surface area contributed by atoms with E-state index in [4.69, 9.17) is 5.73 Å². The number of carbonyl (C=O) groups excluding carboxylic acids is 1. The van der Waals surface area contributed by atoms with Crippen molar-refractivity contribution in [3.8, 4) is 0 Å². The molecule has 4 nitrogen and oxygen atoms in total. The van der Waals surface area contributed by atoms with Gasteiger partial charge < -0.3 is 16.0 Å². The zero-order valence-corrected chi connectivity index (χ0v) is 11.8. The van der Waals surface area contributed by atoms with Crippen LogP contribution in [-0.4, -0.2) is 25.0 Å². The van der Waals surface area contributed by atoms with Crippen molar-refractivity contribution in [1.29, 1.82) is 0 Å². The average Bonchev–Trinajstić information content (AvgIpc) is 3.10. The van der Waals surface area contributed by atoms with Gasteiger partial charge in [0.25, 0.3) is 0 Å². The molecule has 0 radical (unpaired) electrons. The minimum absolute atomic E-state index is 0.0802. The summed E-state index contributed by atoms with van der Waals surface area (Å²) in [6.07, 6.45) is 5.17. The third-order valence-corrected chi connectivity index (χ3v) is 4.45. The van der Waals surface area contributed by atoms with Gasteiger partial charge in [0.05, 0.1) is 11.4 Å².